The summed E-state index contributed by atoms with van der Waals surface area (Å²) >= 11 is 5.43. The molecule has 5 nitrogen and oxygen atoms in total. The van der Waals surface area contributed by atoms with Crippen LogP contribution in [-0.2, 0) is 19.1 Å². The molecule has 0 fully saturated rings. The summed E-state index contributed by atoms with van der Waals surface area (Å²) in [6, 6.07) is 0. The van der Waals surface area contributed by atoms with Gasteiger partial charge in [0.25, 0.3) is 0 Å². The molecule has 0 aliphatic heterocycles. The van der Waals surface area contributed by atoms with Gasteiger partial charge in [-0.3, -0.25) is 0 Å². The van der Waals surface area contributed by atoms with E-state index < -0.39 is 16.7 Å². The number of ether oxygens (including phenoxy) is 2. The van der Waals surface area contributed by atoms with Crippen LogP contribution in [0.25, 0.3) is 0 Å². The Bertz CT molecular complexity index is 275. The Morgan fingerprint density at radius 1 is 1.25 bits per heavy atom. The molecule has 0 aromatic heterocycles. The Morgan fingerprint density at radius 3 is 1.88 bits per heavy atom. The first-order valence-corrected chi connectivity index (χ1v) is 5.93. The van der Waals surface area contributed by atoms with Gasteiger partial charge >= 0.3 is 11.9 Å². The fourth-order valence-electron chi connectivity index (χ4n) is 0.905. The average Bonchev–Trinajstić information content (AvgIpc) is 2.17. The van der Waals surface area contributed by atoms with Crippen LogP contribution in [0.3, 0.4) is 0 Å². The molecule has 0 atom stereocenters. The molecule has 0 aromatic rings. The Morgan fingerprint density at radius 2 is 1.62 bits per heavy atom. The second-order valence-electron chi connectivity index (χ2n) is 2.90. The van der Waals surface area contributed by atoms with Crippen LogP contribution in [-0.4, -0.2) is 34.2 Å². The van der Waals surface area contributed by atoms with E-state index in [1.807, 2.05) is 0 Å². The van der Waals surface area contributed by atoms with Gasteiger partial charge in [-0.25, -0.2) is 9.59 Å². The molecule has 0 rings (SSSR count). The summed E-state index contributed by atoms with van der Waals surface area (Å²) in [5.74, 6) is -1.41. The maximum absolute atomic E-state index is 11.7. The quantitative estimate of drug-likeness (QED) is 0.448. The highest BCUT2D eigenvalue weighted by Crippen LogP contribution is 2.28. The predicted octanol–water partition coefficient (Wildman–Crippen LogP) is 0.848. The number of hydrogen-bond acceptors (Lipinski definition) is 6. The van der Waals surface area contributed by atoms with E-state index in [1.54, 1.807) is 13.8 Å². The summed E-state index contributed by atoms with van der Waals surface area (Å²) in [5, 5.41) is 0. The minimum Gasteiger partial charge on any atom is -0.465 e. The monoisotopic (exact) mass is 265 g/mol. The topological polar surface area (TPSA) is 78.6 Å². The Hall–Kier alpha value is -0.820. The van der Waals surface area contributed by atoms with E-state index in [-0.39, 0.29) is 17.5 Å². The molecular weight excluding hydrogens is 250 g/mol. The van der Waals surface area contributed by atoms with Crippen molar-refractivity contribution < 1.29 is 19.1 Å². The Labute approximate surface area is 104 Å². The lowest BCUT2D eigenvalue weighted by Gasteiger charge is -2.23. The van der Waals surface area contributed by atoms with Crippen molar-refractivity contribution in [2.75, 3.05) is 13.2 Å². The van der Waals surface area contributed by atoms with Gasteiger partial charge < -0.3 is 15.2 Å². The smallest absolute Gasteiger partial charge is 0.333 e. The number of esters is 2. The van der Waals surface area contributed by atoms with E-state index in [0.29, 0.717) is 0 Å². The second kappa shape index (κ2) is 6.70. The number of nitrogens with two attached hydrogens (primary N) is 1. The largest absolute Gasteiger partial charge is 0.465 e. The Kier molecular flexibility index (Phi) is 6.35. The van der Waals surface area contributed by atoms with Crippen molar-refractivity contribution in [1.29, 1.82) is 0 Å². The molecule has 0 aromatic carbocycles. The molecule has 0 radical (unpaired) electrons. The van der Waals surface area contributed by atoms with E-state index in [4.69, 9.17) is 15.2 Å². The van der Waals surface area contributed by atoms with E-state index in [9.17, 15) is 9.59 Å². The molecule has 0 heterocycles. The number of carbonyl (C=O) groups is 2. The first-order valence-electron chi connectivity index (χ1n) is 4.71. The summed E-state index contributed by atoms with van der Waals surface area (Å²) < 4.78 is 8.06. The van der Waals surface area contributed by atoms with Gasteiger partial charge in [0.1, 0.15) is 4.32 Å². The molecule has 0 aliphatic rings. The van der Waals surface area contributed by atoms with Gasteiger partial charge in [-0.1, -0.05) is 24.0 Å². The van der Waals surface area contributed by atoms with Crippen LogP contribution in [0.15, 0.2) is 0 Å². The normalized spacial score (nSPS) is 10.7. The highest BCUT2D eigenvalue weighted by molar-refractivity contribution is 8.24. The van der Waals surface area contributed by atoms with Crippen molar-refractivity contribution in [2.24, 2.45) is 5.73 Å². The number of hydrogen-bond donors (Lipinski definition) is 1. The number of thioether (sulfide) groups is 1. The molecule has 0 spiro atoms. The number of thiocarbonyl (C=S) groups is 1. The van der Waals surface area contributed by atoms with Gasteiger partial charge in [0.15, 0.2) is 0 Å². The molecule has 7 heteroatoms. The van der Waals surface area contributed by atoms with Gasteiger partial charge in [0.2, 0.25) is 4.75 Å². The first-order chi connectivity index (χ1) is 7.38. The van der Waals surface area contributed by atoms with Crippen molar-refractivity contribution in [1.82, 2.24) is 0 Å². The third-order valence-corrected chi connectivity index (χ3v) is 2.83. The predicted molar refractivity (Wildman–Crippen MR) is 66.0 cm³/mol. The number of rotatable bonds is 5. The van der Waals surface area contributed by atoms with Crippen molar-refractivity contribution in [3.8, 4) is 0 Å². The molecule has 0 bridgehead atoms. The van der Waals surface area contributed by atoms with Crippen LogP contribution in [0.4, 0.5) is 0 Å². The number of carbonyl (C=O) groups excluding carboxylic acids is 2. The molecule has 2 N–H and O–H groups in total. The highest BCUT2D eigenvalue weighted by atomic mass is 32.2. The van der Waals surface area contributed by atoms with Crippen molar-refractivity contribution in [2.45, 2.75) is 25.5 Å². The minimum atomic E-state index is -1.53. The van der Waals surface area contributed by atoms with Gasteiger partial charge in [-0.05, 0) is 20.8 Å². The van der Waals surface area contributed by atoms with Gasteiger partial charge in [0.05, 0.1) is 13.2 Å². The SMILES string of the molecule is CCOC(=O)C(C)(SC(N)=S)C(=O)OCC. The molecule has 0 saturated carbocycles. The zero-order valence-electron chi connectivity index (χ0n) is 9.44. The maximum Gasteiger partial charge on any atom is 0.333 e. The summed E-state index contributed by atoms with van der Waals surface area (Å²) in [7, 11) is 0. The van der Waals surface area contributed by atoms with Crippen LogP contribution in [0.5, 0.6) is 0 Å². The maximum atomic E-state index is 11.7. The molecule has 0 unspecified atom stereocenters. The summed E-state index contributed by atoms with van der Waals surface area (Å²) in [5.41, 5.74) is 5.33. The zero-order chi connectivity index (χ0) is 12.8. The summed E-state index contributed by atoms with van der Waals surface area (Å²) in [6.45, 7) is 5.02. The first kappa shape index (κ1) is 15.2. The van der Waals surface area contributed by atoms with Gasteiger partial charge in [0, 0.05) is 0 Å². The summed E-state index contributed by atoms with van der Waals surface area (Å²) in [4.78, 5) is 23.3. The van der Waals surface area contributed by atoms with Crippen molar-refractivity contribution in [3.63, 3.8) is 0 Å². The van der Waals surface area contributed by atoms with Crippen molar-refractivity contribution >= 4 is 40.2 Å². The molecule has 16 heavy (non-hydrogen) atoms. The fourth-order valence-corrected chi connectivity index (χ4v) is 2.09. The third kappa shape index (κ3) is 3.97. The molecular formula is C9H15NO4S2. The van der Waals surface area contributed by atoms with Crippen molar-refractivity contribution in [3.05, 3.63) is 0 Å². The van der Waals surface area contributed by atoms with Crippen LogP contribution in [0.1, 0.15) is 20.8 Å². The lowest BCUT2D eigenvalue weighted by atomic mass is 10.2. The van der Waals surface area contributed by atoms with Crippen LogP contribution < -0.4 is 5.73 Å². The van der Waals surface area contributed by atoms with Gasteiger partial charge in [-0.2, -0.15) is 0 Å². The molecule has 0 aliphatic carbocycles. The lowest BCUT2D eigenvalue weighted by Crippen LogP contribution is -2.44. The minimum absolute atomic E-state index is 0.0105. The van der Waals surface area contributed by atoms with Crippen LogP contribution >= 0.6 is 24.0 Å². The molecule has 0 saturated heterocycles. The van der Waals surface area contributed by atoms with Crippen LogP contribution in [0.2, 0.25) is 0 Å². The average molecular weight is 265 g/mol. The standard InChI is InChI=1S/C9H15NO4S2/c1-4-13-6(11)9(3,16-8(10)15)7(12)14-5-2/h4-5H2,1-3H3,(H2,10,15). The van der Waals surface area contributed by atoms with E-state index >= 15 is 0 Å². The Balaban J connectivity index is 4.93. The third-order valence-electron chi connectivity index (χ3n) is 1.63. The fraction of sp³-hybridized carbons (Fsp3) is 0.667. The zero-order valence-corrected chi connectivity index (χ0v) is 11.1. The van der Waals surface area contributed by atoms with Gasteiger partial charge in [-0.15, -0.1) is 0 Å². The lowest BCUT2D eigenvalue weighted by molar-refractivity contribution is -0.157. The molecule has 0 amide bonds. The van der Waals surface area contributed by atoms with E-state index in [1.165, 1.54) is 6.92 Å². The van der Waals surface area contributed by atoms with E-state index in [0.717, 1.165) is 11.8 Å². The highest BCUT2D eigenvalue weighted by Gasteiger charge is 2.46. The van der Waals surface area contributed by atoms with Crippen LogP contribution in [0, 0.1) is 0 Å². The van der Waals surface area contributed by atoms with E-state index in [2.05, 4.69) is 12.2 Å². The summed E-state index contributed by atoms with van der Waals surface area (Å²) in [6.07, 6.45) is 0. The second-order valence-corrected chi connectivity index (χ2v) is 5.05. The molecule has 92 valence electrons.